The van der Waals surface area contributed by atoms with Gasteiger partial charge in [0.15, 0.2) is 5.78 Å². The van der Waals surface area contributed by atoms with Gasteiger partial charge in [-0.25, -0.2) is 0 Å². The van der Waals surface area contributed by atoms with Crippen molar-refractivity contribution in [3.63, 3.8) is 0 Å². The van der Waals surface area contributed by atoms with Crippen molar-refractivity contribution >= 4 is 11.8 Å². The lowest BCUT2D eigenvalue weighted by molar-refractivity contribution is -0.144. The summed E-state index contributed by atoms with van der Waals surface area (Å²) in [6.07, 6.45) is -3.97. The Hall–Kier alpha value is -3.11. The zero-order chi connectivity index (χ0) is 23.4. The first kappa shape index (κ1) is 25.9. The molecule has 166 valence electrons. The molecule has 0 aliphatic carbocycles. The van der Waals surface area contributed by atoms with Crippen LogP contribution in [0, 0.1) is 17.8 Å². The fourth-order valence-corrected chi connectivity index (χ4v) is 2.73. The van der Waals surface area contributed by atoms with E-state index in [1.54, 1.807) is 24.3 Å². The molecule has 1 atom stereocenters. The van der Waals surface area contributed by atoms with Crippen LogP contribution in [0.5, 0.6) is 0 Å². The zero-order valence-corrected chi connectivity index (χ0v) is 17.6. The fourth-order valence-electron chi connectivity index (χ4n) is 2.73. The van der Waals surface area contributed by atoms with Gasteiger partial charge in [-0.05, 0) is 42.7 Å². The number of aliphatic hydroxyl groups is 1. The number of carbonyl (C=O) groups excluding carboxylic acids is 2. The Labute approximate surface area is 180 Å². The summed E-state index contributed by atoms with van der Waals surface area (Å²) in [5.41, 5.74) is 0.720. The largest absolute Gasteiger partial charge is 0.468 e. The van der Waals surface area contributed by atoms with Crippen LogP contribution in [0.4, 0.5) is 13.2 Å². The number of ether oxygens (including phenoxy) is 1. The minimum atomic E-state index is -4.50. The molecule has 0 bridgehead atoms. The second kappa shape index (κ2) is 12.6. The third-order valence-electron chi connectivity index (χ3n) is 4.29. The number of Topliss-reactive ketones (excluding diaryl/α,β-unsaturated/α-hetero) is 1. The predicted octanol–water partition coefficient (Wildman–Crippen LogP) is 4.68. The highest BCUT2D eigenvalue weighted by Crippen LogP contribution is 2.29. The van der Waals surface area contributed by atoms with Crippen molar-refractivity contribution < 1.29 is 32.6 Å². The molecule has 0 fully saturated rings. The smallest absolute Gasteiger partial charge is 0.416 e. The molecule has 1 unspecified atom stereocenters. The maximum absolute atomic E-state index is 12.7. The maximum Gasteiger partial charge on any atom is 0.416 e. The molecule has 4 nitrogen and oxygen atoms in total. The number of halogens is 3. The topological polar surface area (TPSA) is 63.6 Å². The van der Waals surface area contributed by atoms with Crippen LogP contribution in [0.25, 0.3) is 0 Å². The Morgan fingerprint density at radius 3 is 2.10 bits per heavy atom. The molecule has 0 aliphatic rings. The van der Waals surface area contributed by atoms with Gasteiger partial charge in [0.2, 0.25) is 0 Å². The van der Waals surface area contributed by atoms with Gasteiger partial charge in [-0.3, -0.25) is 9.59 Å². The minimum Gasteiger partial charge on any atom is -0.468 e. The molecule has 0 amide bonds. The normalized spacial score (nSPS) is 11.3. The average molecular weight is 434 g/mol. The quantitative estimate of drug-likeness (QED) is 0.310. The van der Waals surface area contributed by atoms with Gasteiger partial charge in [0.25, 0.3) is 0 Å². The molecule has 2 aromatic carbocycles. The summed E-state index contributed by atoms with van der Waals surface area (Å²) in [5, 5.41) is 8.70. The second-order valence-corrected chi connectivity index (χ2v) is 6.21. The number of esters is 1. The van der Waals surface area contributed by atoms with E-state index in [-0.39, 0.29) is 18.6 Å². The molecule has 2 aromatic rings. The first-order valence-corrected chi connectivity index (χ1v) is 9.74. The highest BCUT2D eigenvalue weighted by Gasteiger charge is 2.32. The Morgan fingerprint density at radius 1 is 1.03 bits per heavy atom. The first-order chi connectivity index (χ1) is 14.8. The molecule has 1 N–H and O–H groups in total. The summed E-state index contributed by atoms with van der Waals surface area (Å²) >= 11 is 0. The Morgan fingerprint density at radius 2 is 1.61 bits per heavy atom. The van der Waals surface area contributed by atoms with Gasteiger partial charge < -0.3 is 9.84 Å². The van der Waals surface area contributed by atoms with Gasteiger partial charge in [0.05, 0.1) is 12.7 Å². The molecule has 0 aliphatic heterocycles. The second-order valence-electron chi connectivity index (χ2n) is 6.21. The lowest BCUT2D eigenvalue weighted by Gasteiger charge is -2.14. The lowest BCUT2D eigenvalue weighted by atomic mass is 9.91. The van der Waals surface area contributed by atoms with Crippen LogP contribution in [-0.4, -0.2) is 30.6 Å². The Bertz CT molecular complexity index is 905. The molecular formula is C24H25F3O4. The zero-order valence-electron chi connectivity index (χ0n) is 17.6. The third-order valence-corrected chi connectivity index (χ3v) is 4.29. The van der Waals surface area contributed by atoms with Crippen molar-refractivity contribution in [3.8, 4) is 11.8 Å². The number of aliphatic hydroxyl groups excluding tert-OH is 1. The van der Waals surface area contributed by atoms with E-state index >= 15 is 0 Å². The number of alkyl halides is 3. The number of aryl methyl sites for hydroxylation is 1. The fraction of sp³-hybridized carbons (Fsp3) is 0.333. The van der Waals surface area contributed by atoms with Gasteiger partial charge in [0.1, 0.15) is 12.5 Å². The number of rotatable bonds is 6. The number of hydrogen-bond acceptors (Lipinski definition) is 4. The van der Waals surface area contributed by atoms with Crippen molar-refractivity contribution in [2.45, 2.75) is 32.9 Å². The number of carbonyl (C=O) groups is 2. The molecule has 0 saturated heterocycles. The highest BCUT2D eigenvalue weighted by atomic mass is 19.4. The molecule has 7 heteroatoms. The predicted molar refractivity (Wildman–Crippen MR) is 111 cm³/mol. The van der Waals surface area contributed by atoms with Gasteiger partial charge in [-0.15, -0.1) is 0 Å². The summed E-state index contributed by atoms with van der Waals surface area (Å²) in [5.74, 6) is 2.85. The Balaban J connectivity index is 0.00000233. The summed E-state index contributed by atoms with van der Waals surface area (Å²) in [6.45, 7) is 3.76. The van der Waals surface area contributed by atoms with Crippen molar-refractivity contribution in [3.05, 3.63) is 70.8 Å². The number of hydrogen-bond donors (Lipinski definition) is 1. The van der Waals surface area contributed by atoms with Crippen LogP contribution in [0.2, 0.25) is 0 Å². The van der Waals surface area contributed by atoms with Gasteiger partial charge in [-0.1, -0.05) is 50.0 Å². The molecule has 2 rings (SSSR count). The Kier molecular flexibility index (Phi) is 10.5. The summed E-state index contributed by atoms with van der Waals surface area (Å²) in [4.78, 5) is 24.8. The van der Waals surface area contributed by atoms with Crippen LogP contribution < -0.4 is 0 Å². The third kappa shape index (κ3) is 7.91. The number of methoxy groups -OCH3 is 1. The highest BCUT2D eigenvalue weighted by molar-refractivity contribution is 6.08. The SMILES string of the molecule is CC.COC(=O)C(CCc1ccc(C#CCO)cc1)C(=O)c1ccc(C(F)(F)F)cc1. The minimum absolute atomic E-state index is 0.0167. The molecular weight excluding hydrogens is 409 g/mol. The van der Waals surface area contributed by atoms with Crippen molar-refractivity contribution in [1.82, 2.24) is 0 Å². The van der Waals surface area contributed by atoms with Crippen LogP contribution in [0.3, 0.4) is 0 Å². The van der Waals surface area contributed by atoms with Crippen LogP contribution in [0.15, 0.2) is 48.5 Å². The molecule has 0 heterocycles. The first-order valence-electron chi connectivity index (χ1n) is 9.74. The monoisotopic (exact) mass is 434 g/mol. The molecule has 0 saturated carbocycles. The van der Waals surface area contributed by atoms with Crippen LogP contribution in [0.1, 0.15) is 47.3 Å². The lowest BCUT2D eigenvalue weighted by Crippen LogP contribution is -2.26. The summed E-state index contributed by atoms with van der Waals surface area (Å²) in [6, 6.07) is 10.8. The average Bonchev–Trinajstić information content (AvgIpc) is 2.79. The molecule has 31 heavy (non-hydrogen) atoms. The van der Waals surface area contributed by atoms with E-state index in [9.17, 15) is 22.8 Å². The van der Waals surface area contributed by atoms with Crippen molar-refractivity contribution in [2.75, 3.05) is 13.7 Å². The van der Waals surface area contributed by atoms with E-state index in [4.69, 9.17) is 9.84 Å². The van der Waals surface area contributed by atoms with E-state index in [0.29, 0.717) is 12.0 Å². The van der Waals surface area contributed by atoms with Crippen molar-refractivity contribution in [1.29, 1.82) is 0 Å². The number of ketones is 1. The summed E-state index contributed by atoms with van der Waals surface area (Å²) in [7, 11) is 1.16. The van der Waals surface area contributed by atoms with Gasteiger partial charge >= 0.3 is 12.1 Å². The van der Waals surface area contributed by atoms with E-state index < -0.39 is 29.4 Å². The van der Waals surface area contributed by atoms with Crippen molar-refractivity contribution in [2.24, 2.45) is 5.92 Å². The van der Waals surface area contributed by atoms with Crippen LogP contribution in [-0.2, 0) is 22.1 Å². The van der Waals surface area contributed by atoms with Gasteiger partial charge in [-0.2, -0.15) is 13.2 Å². The molecule has 0 spiro atoms. The number of benzene rings is 2. The maximum atomic E-state index is 12.7. The molecule has 0 aromatic heterocycles. The van der Waals surface area contributed by atoms with E-state index in [2.05, 4.69) is 11.8 Å². The van der Waals surface area contributed by atoms with Crippen LogP contribution >= 0.6 is 0 Å². The van der Waals surface area contributed by atoms with E-state index in [1.807, 2.05) is 13.8 Å². The molecule has 0 radical (unpaired) electrons. The van der Waals surface area contributed by atoms with E-state index in [0.717, 1.165) is 36.9 Å². The van der Waals surface area contributed by atoms with E-state index in [1.165, 1.54) is 0 Å². The van der Waals surface area contributed by atoms with Gasteiger partial charge in [0, 0.05) is 11.1 Å². The summed E-state index contributed by atoms with van der Waals surface area (Å²) < 4.78 is 42.8. The standard InChI is InChI=1S/C22H19F3O4.C2H6/c1-29-21(28)19(13-8-16-6-4-15(5-7-16)3-2-14-26)20(27)17-9-11-18(12-10-17)22(23,24)25;1-2/h4-7,9-12,19,26H,8,13-14H2,1H3;1-2H3.